The van der Waals surface area contributed by atoms with Crippen LogP contribution in [0.4, 0.5) is 0 Å². The van der Waals surface area contributed by atoms with Gasteiger partial charge in [0.25, 0.3) is 0 Å². The number of hydrogen-bond acceptors (Lipinski definition) is 5. The van der Waals surface area contributed by atoms with E-state index in [1.54, 1.807) is 44.1 Å². The number of ether oxygens (including phenoxy) is 1. The summed E-state index contributed by atoms with van der Waals surface area (Å²) in [5.74, 6) is 0.705. The minimum absolute atomic E-state index is 0.0450. The van der Waals surface area contributed by atoms with Crippen LogP contribution in [0, 0.1) is 19.8 Å². The van der Waals surface area contributed by atoms with Crippen molar-refractivity contribution in [1.29, 1.82) is 0 Å². The fourth-order valence-corrected chi connectivity index (χ4v) is 5.05. The van der Waals surface area contributed by atoms with E-state index in [9.17, 15) is 13.5 Å². The number of rotatable bonds is 6. The van der Waals surface area contributed by atoms with Gasteiger partial charge in [-0.2, -0.15) is 5.10 Å². The second-order valence-corrected chi connectivity index (χ2v) is 8.70. The van der Waals surface area contributed by atoms with E-state index >= 15 is 0 Å². The number of aliphatic hydroxyl groups excluding tert-OH is 1. The smallest absolute Gasteiger partial charge is 0.241 e. The van der Waals surface area contributed by atoms with Crippen LogP contribution in [0.1, 0.15) is 35.6 Å². The van der Waals surface area contributed by atoms with Gasteiger partial charge in [-0.15, -0.1) is 0 Å². The molecule has 1 aliphatic rings. The Morgan fingerprint density at radius 1 is 1.31 bits per heavy atom. The SMILES string of the molecule is COc1cc(C)c(S(=O)(=O)NC(c2cnn(C)c2)C2CC(O)C2)cc1C. The summed E-state index contributed by atoms with van der Waals surface area (Å²) in [7, 11) is -0.382. The minimum Gasteiger partial charge on any atom is -0.496 e. The van der Waals surface area contributed by atoms with Gasteiger partial charge in [0.2, 0.25) is 10.0 Å². The number of hydrogen-bond donors (Lipinski definition) is 2. The summed E-state index contributed by atoms with van der Waals surface area (Å²) in [6.07, 6.45) is 4.26. The van der Waals surface area contributed by atoms with Gasteiger partial charge in [0.1, 0.15) is 5.75 Å². The highest BCUT2D eigenvalue weighted by atomic mass is 32.2. The van der Waals surface area contributed by atoms with Crippen molar-refractivity contribution in [1.82, 2.24) is 14.5 Å². The number of aryl methyl sites for hydroxylation is 3. The predicted octanol–water partition coefficient (Wildman–Crippen LogP) is 1.84. The van der Waals surface area contributed by atoms with Crippen LogP contribution in [0.15, 0.2) is 29.4 Å². The average molecular weight is 379 g/mol. The first-order valence-corrected chi connectivity index (χ1v) is 10.0. The zero-order valence-electron chi connectivity index (χ0n) is 15.4. The first-order valence-electron chi connectivity index (χ1n) is 8.55. The van der Waals surface area contributed by atoms with Crippen molar-refractivity contribution in [3.63, 3.8) is 0 Å². The van der Waals surface area contributed by atoms with Gasteiger partial charge >= 0.3 is 0 Å². The highest BCUT2D eigenvalue weighted by molar-refractivity contribution is 7.89. The number of benzene rings is 1. The van der Waals surface area contributed by atoms with Crippen molar-refractivity contribution in [2.45, 2.75) is 43.7 Å². The first kappa shape index (κ1) is 18.9. The first-order chi connectivity index (χ1) is 12.2. The lowest BCUT2D eigenvalue weighted by Crippen LogP contribution is -2.41. The highest BCUT2D eigenvalue weighted by Gasteiger charge is 2.38. The molecule has 1 aromatic carbocycles. The molecule has 26 heavy (non-hydrogen) atoms. The molecular weight excluding hydrogens is 354 g/mol. The molecule has 7 nitrogen and oxygen atoms in total. The highest BCUT2D eigenvalue weighted by Crippen LogP contribution is 2.39. The molecule has 1 aliphatic carbocycles. The van der Waals surface area contributed by atoms with Gasteiger partial charge in [-0.25, -0.2) is 13.1 Å². The molecule has 1 atom stereocenters. The molecule has 1 heterocycles. The molecule has 0 saturated heterocycles. The molecule has 2 N–H and O–H groups in total. The number of nitrogens with one attached hydrogen (secondary N) is 1. The van der Waals surface area contributed by atoms with Gasteiger partial charge in [0.05, 0.1) is 30.3 Å². The third-order valence-corrected chi connectivity index (χ3v) is 6.55. The number of aliphatic hydroxyl groups is 1. The fraction of sp³-hybridized carbons (Fsp3) is 0.500. The lowest BCUT2D eigenvalue weighted by molar-refractivity contribution is 0.0280. The summed E-state index contributed by atoms with van der Waals surface area (Å²) in [6.45, 7) is 3.57. The molecular formula is C18H25N3O4S. The van der Waals surface area contributed by atoms with Crippen LogP contribution >= 0.6 is 0 Å². The number of sulfonamides is 1. The van der Waals surface area contributed by atoms with Gasteiger partial charge in [-0.1, -0.05) is 0 Å². The van der Waals surface area contributed by atoms with Gasteiger partial charge in [-0.05, 0) is 55.9 Å². The van der Waals surface area contributed by atoms with Crippen LogP contribution in [0.5, 0.6) is 5.75 Å². The standard InChI is InChI=1S/C18H25N3O4S/c1-11-6-17(12(2)5-16(11)25-4)26(23,24)20-18(13-7-15(22)8-13)14-9-19-21(3)10-14/h5-6,9-10,13,15,18,20,22H,7-8H2,1-4H3. The quantitative estimate of drug-likeness (QED) is 0.799. The van der Waals surface area contributed by atoms with Crippen LogP contribution in [0.3, 0.4) is 0 Å². The summed E-state index contributed by atoms with van der Waals surface area (Å²) in [5, 5.41) is 13.8. The Bertz CT molecular complexity index is 901. The van der Waals surface area contributed by atoms with Crippen molar-refractivity contribution in [3.05, 3.63) is 41.2 Å². The van der Waals surface area contributed by atoms with Gasteiger partial charge in [0.15, 0.2) is 0 Å². The van der Waals surface area contributed by atoms with E-state index in [2.05, 4.69) is 9.82 Å². The average Bonchev–Trinajstić information content (AvgIpc) is 2.98. The maximum atomic E-state index is 13.1. The molecule has 3 rings (SSSR count). The van der Waals surface area contributed by atoms with Crippen LogP contribution in [0.2, 0.25) is 0 Å². The summed E-state index contributed by atoms with van der Waals surface area (Å²) in [6, 6.07) is 2.95. The Morgan fingerprint density at radius 2 is 2.00 bits per heavy atom. The van der Waals surface area contributed by atoms with E-state index in [-0.39, 0.29) is 16.9 Å². The van der Waals surface area contributed by atoms with Crippen molar-refractivity contribution < 1.29 is 18.3 Å². The van der Waals surface area contributed by atoms with Gasteiger partial charge in [-0.3, -0.25) is 4.68 Å². The van der Waals surface area contributed by atoms with Crippen molar-refractivity contribution in [3.8, 4) is 5.75 Å². The molecule has 0 aliphatic heterocycles. The molecule has 1 aromatic heterocycles. The van der Waals surface area contributed by atoms with Crippen molar-refractivity contribution in [2.75, 3.05) is 7.11 Å². The molecule has 0 bridgehead atoms. The molecule has 1 unspecified atom stereocenters. The zero-order chi connectivity index (χ0) is 19.1. The van der Waals surface area contributed by atoms with Crippen molar-refractivity contribution in [2.24, 2.45) is 13.0 Å². The summed E-state index contributed by atoms with van der Waals surface area (Å²) < 4.78 is 35.9. The monoisotopic (exact) mass is 379 g/mol. The molecule has 8 heteroatoms. The van der Waals surface area contributed by atoms with E-state index in [4.69, 9.17) is 4.74 Å². The number of methoxy groups -OCH3 is 1. The number of nitrogens with zero attached hydrogens (tertiary/aromatic N) is 2. The molecule has 0 amide bonds. The minimum atomic E-state index is -3.74. The summed E-state index contributed by atoms with van der Waals surface area (Å²) in [5.41, 5.74) is 2.19. The number of aromatic nitrogens is 2. The van der Waals surface area contributed by atoms with Crippen LogP contribution in [-0.4, -0.2) is 36.5 Å². The van der Waals surface area contributed by atoms with E-state index in [0.29, 0.717) is 24.2 Å². The van der Waals surface area contributed by atoms with E-state index in [1.807, 2.05) is 13.1 Å². The van der Waals surface area contributed by atoms with Crippen LogP contribution < -0.4 is 9.46 Å². The second kappa shape index (κ2) is 7.02. The Hall–Kier alpha value is -1.90. The van der Waals surface area contributed by atoms with E-state index in [1.165, 1.54) is 0 Å². The maximum Gasteiger partial charge on any atom is 0.241 e. The lowest BCUT2D eigenvalue weighted by Gasteiger charge is -2.37. The predicted molar refractivity (Wildman–Crippen MR) is 97.5 cm³/mol. The summed E-state index contributed by atoms with van der Waals surface area (Å²) in [4.78, 5) is 0.240. The van der Waals surface area contributed by atoms with Crippen LogP contribution in [-0.2, 0) is 17.1 Å². The second-order valence-electron chi connectivity index (χ2n) is 7.02. The lowest BCUT2D eigenvalue weighted by atomic mass is 9.76. The molecule has 0 spiro atoms. The topological polar surface area (TPSA) is 93.5 Å². The van der Waals surface area contributed by atoms with Gasteiger partial charge in [0, 0.05) is 18.8 Å². The molecule has 1 fully saturated rings. The third kappa shape index (κ3) is 3.62. The normalized spacial score (nSPS) is 21.3. The Kier molecular flexibility index (Phi) is 5.09. The Morgan fingerprint density at radius 3 is 2.54 bits per heavy atom. The maximum absolute atomic E-state index is 13.1. The molecule has 142 valence electrons. The van der Waals surface area contributed by atoms with Crippen LogP contribution in [0.25, 0.3) is 0 Å². The fourth-order valence-electron chi connectivity index (χ4n) is 3.44. The van der Waals surface area contributed by atoms with Crippen molar-refractivity contribution >= 4 is 10.0 Å². The van der Waals surface area contributed by atoms with E-state index in [0.717, 1.165) is 11.1 Å². The molecule has 2 aromatic rings. The zero-order valence-corrected chi connectivity index (χ0v) is 16.2. The largest absolute Gasteiger partial charge is 0.496 e. The molecule has 0 radical (unpaired) electrons. The Labute approximate surface area is 154 Å². The third-order valence-electron chi connectivity index (χ3n) is 4.97. The summed E-state index contributed by atoms with van der Waals surface area (Å²) >= 11 is 0. The molecule has 1 saturated carbocycles. The van der Waals surface area contributed by atoms with E-state index < -0.39 is 16.1 Å². The Balaban J connectivity index is 1.94. The van der Waals surface area contributed by atoms with Gasteiger partial charge < -0.3 is 9.84 Å².